The van der Waals surface area contributed by atoms with Crippen LogP contribution in [0.25, 0.3) is 0 Å². The molecule has 2 aliphatic rings. The fourth-order valence-electron chi connectivity index (χ4n) is 3.65. The number of carbonyl (C=O) groups is 2. The summed E-state index contributed by atoms with van der Waals surface area (Å²) in [4.78, 5) is 26.9. The summed E-state index contributed by atoms with van der Waals surface area (Å²) in [5, 5.41) is 3.10. The van der Waals surface area contributed by atoms with Crippen LogP contribution in [0, 0.1) is 12.8 Å². The van der Waals surface area contributed by atoms with Gasteiger partial charge < -0.3 is 15.0 Å². The van der Waals surface area contributed by atoms with E-state index in [1.807, 2.05) is 24.0 Å². The molecule has 1 unspecified atom stereocenters. The van der Waals surface area contributed by atoms with Crippen molar-refractivity contribution < 1.29 is 14.3 Å². The van der Waals surface area contributed by atoms with Crippen molar-refractivity contribution in [3.63, 3.8) is 0 Å². The molecule has 130 valence electrons. The van der Waals surface area contributed by atoms with E-state index in [4.69, 9.17) is 4.74 Å². The Balaban J connectivity index is 1.70. The molecule has 2 heterocycles. The monoisotopic (exact) mass is 330 g/mol. The number of aryl methyl sites for hydroxylation is 2. The smallest absolute Gasteiger partial charge is 0.227 e. The topological polar surface area (TPSA) is 58.6 Å². The molecule has 0 saturated carbocycles. The molecule has 1 aromatic rings. The Bertz CT molecular complexity index is 623. The lowest BCUT2D eigenvalue weighted by molar-refractivity contribution is -0.127. The standard InChI is InChI=1S/C19H26N2O3/c1-3-14-6-4-5-13(2)18(14)21-12-15(11-17(21)22)19(23)20-16-7-9-24-10-8-16/h4-6,15-16H,3,7-12H2,1-2H3,(H,20,23). The zero-order chi connectivity index (χ0) is 17.1. The maximum Gasteiger partial charge on any atom is 0.227 e. The Morgan fingerprint density at radius 1 is 1.33 bits per heavy atom. The van der Waals surface area contributed by atoms with E-state index in [0.29, 0.717) is 26.2 Å². The number of carbonyl (C=O) groups excluding carboxylic acids is 2. The van der Waals surface area contributed by atoms with Crippen LogP contribution in [0.4, 0.5) is 5.69 Å². The summed E-state index contributed by atoms with van der Waals surface area (Å²) in [6, 6.07) is 6.29. The molecule has 1 aromatic carbocycles. The van der Waals surface area contributed by atoms with Crippen molar-refractivity contribution in [2.75, 3.05) is 24.7 Å². The molecule has 5 heteroatoms. The van der Waals surface area contributed by atoms with Gasteiger partial charge in [0.25, 0.3) is 0 Å². The number of hydrogen-bond acceptors (Lipinski definition) is 3. The summed E-state index contributed by atoms with van der Waals surface area (Å²) in [7, 11) is 0. The third-order valence-corrected chi connectivity index (χ3v) is 5.04. The van der Waals surface area contributed by atoms with Gasteiger partial charge in [0, 0.05) is 37.9 Å². The van der Waals surface area contributed by atoms with Gasteiger partial charge in [-0.1, -0.05) is 25.1 Å². The number of nitrogens with one attached hydrogen (secondary N) is 1. The van der Waals surface area contributed by atoms with Crippen molar-refractivity contribution in [1.29, 1.82) is 0 Å². The van der Waals surface area contributed by atoms with Crippen LogP contribution in [0.5, 0.6) is 0 Å². The van der Waals surface area contributed by atoms with Crippen LogP contribution in [-0.2, 0) is 20.7 Å². The number of amides is 2. The third-order valence-electron chi connectivity index (χ3n) is 5.04. The Hall–Kier alpha value is -1.88. The van der Waals surface area contributed by atoms with E-state index in [2.05, 4.69) is 18.3 Å². The Morgan fingerprint density at radius 3 is 2.79 bits per heavy atom. The first-order valence-corrected chi connectivity index (χ1v) is 8.87. The second kappa shape index (κ2) is 7.34. The summed E-state index contributed by atoms with van der Waals surface area (Å²) in [6.45, 7) is 5.99. The predicted octanol–water partition coefficient (Wildman–Crippen LogP) is 2.21. The second-order valence-corrected chi connectivity index (χ2v) is 6.74. The first-order chi connectivity index (χ1) is 11.6. The first-order valence-electron chi connectivity index (χ1n) is 8.87. The fraction of sp³-hybridized carbons (Fsp3) is 0.579. The zero-order valence-corrected chi connectivity index (χ0v) is 14.5. The lowest BCUT2D eigenvalue weighted by atomic mass is 10.0. The van der Waals surface area contributed by atoms with E-state index in [1.54, 1.807) is 0 Å². The molecule has 0 aliphatic carbocycles. The minimum absolute atomic E-state index is 0.00406. The van der Waals surface area contributed by atoms with Crippen molar-refractivity contribution in [3.05, 3.63) is 29.3 Å². The molecule has 1 N–H and O–H groups in total. The molecular formula is C19H26N2O3. The van der Waals surface area contributed by atoms with Crippen LogP contribution in [0.3, 0.4) is 0 Å². The molecule has 5 nitrogen and oxygen atoms in total. The van der Waals surface area contributed by atoms with Crippen molar-refractivity contribution >= 4 is 17.5 Å². The van der Waals surface area contributed by atoms with Crippen LogP contribution in [-0.4, -0.2) is 37.6 Å². The van der Waals surface area contributed by atoms with Crippen molar-refractivity contribution in [1.82, 2.24) is 5.32 Å². The Morgan fingerprint density at radius 2 is 2.08 bits per heavy atom. The molecule has 2 amide bonds. The largest absolute Gasteiger partial charge is 0.381 e. The maximum atomic E-state index is 12.5. The van der Waals surface area contributed by atoms with Gasteiger partial charge in [-0.15, -0.1) is 0 Å². The van der Waals surface area contributed by atoms with Gasteiger partial charge in [-0.2, -0.15) is 0 Å². The normalized spacial score (nSPS) is 22.0. The highest BCUT2D eigenvalue weighted by atomic mass is 16.5. The van der Waals surface area contributed by atoms with Crippen LogP contribution in [0.1, 0.15) is 37.3 Å². The number of benzene rings is 1. The van der Waals surface area contributed by atoms with E-state index in [-0.39, 0.29) is 23.8 Å². The number of ether oxygens (including phenoxy) is 1. The molecule has 3 rings (SSSR count). The Labute approximate surface area is 143 Å². The van der Waals surface area contributed by atoms with Gasteiger partial charge in [-0.25, -0.2) is 0 Å². The van der Waals surface area contributed by atoms with Crippen molar-refractivity contribution in [3.8, 4) is 0 Å². The average Bonchev–Trinajstić information content (AvgIpc) is 2.97. The van der Waals surface area contributed by atoms with Gasteiger partial charge in [0.2, 0.25) is 11.8 Å². The van der Waals surface area contributed by atoms with Gasteiger partial charge >= 0.3 is 0 Å². The summed E-state index contributed by atoms with van der Waals surface area (Å²) in [6.07, 6.45) is 2.88. The van der Waals surface area contributed by atoms with Gasteiger partial charge in [0.15, 0.2) is 0 Å². The summed E-state index contributed by atoms with van der Waals surface area (Å²) < 4.78 is 5.32. The van der Waals surface area contributed by atoms with E-state index in [9.17, 15) is 9.59 Å². The Kier molecular flexibility index (Phi) is 5.19. The molecule has 1 atom stereocenters. The lowest BCUT2D eigenvalue weighted by Crippen LogP contribution is -2.42. The van der Waals surface area contributed by atoms with Crippen LogP contribution in [0.2, 0.25) is 0 Å². The fourth-order valence-corrected chi connectivity index (χ4v) is 3.65. The van der Waals surface area contributed by atoms with E-state index >= 15 is 0 Å². The van der Waals surface area contributed by atoms with Gasteiger partial charge in [-0.3, -0.25) is 9.59 Å². The number of anilines is 1. The van der Waals surface area contributed by atoms with E-state index < -0.39 is 0 Å². The highest BCUT2D eigenvalue weighted by Gasteiger charge is 2.37. The SMILES string of the molecule is CCc1cccc(C)c1N1CC(C(=O)NC2CCOCC2)CC1=O. The summed E-state index contributed by atoms with van der Waals surface area (Å²) >= 11 is 0. The maximum absolute atomic E-state index is 12.5. The van der Waals surface area contributed by atoms with E-state index in [1.165, 1.54) is 0 Å². The van der Waals surface area contributed by atoms with Gasteiger partial charge in [-0.05, 0) is 37.3 Å². The first kappa shape index (κ1) is 17.0. The lowest BCUT2D eigenvalue weighted by Gasteiger charge is -2.25. The minimum Gasteiger partial charge on any atom is -0.381 e. The van der Waals surface area contributed by atoms with Crippen molar-refractivity contribution in [2.24, 2.45) is 5.92 Å². The molecular weight excluding hydrogens is 304 g/mol. The van der Waals surface area contributed by atoms with Crippen LogP contribution < -0.4 is 10.2 Å². The number of rotatable bonds is 4. The molecule has 2 aliphatic heterocycles. The highest BCUT2D eigenvalue weighted by Crippen LogP contribution is 2.31. The van der Waals surface area contributed by atoms with Crippen molar-refractivity contribution in [2.45, 2.75) is 45.6 Å². The predicted molar refractivity (Wildman–Crippen MR) is 93.0 cm³/mol. The summed E-state index contributed by atoms with van der Waals surface area (Å²) in [5.74, 6) is -0.208. The highest BCUT2D eigenvalue weighted by molar-refractivity contribution is 6.01. The van der Waals surface area contributed by atoms with Crippen LogP contribution >= 0.6 is 0 Å². The van der Waals surface area contributed by atoms with Crippen LogP contribution in [0.15, 0.2) is 18.2 Å². The number of para-hydroxylation sites is 1. The zero-order valence-electron chi connectivity index (χ0n) is 14.5. The molecule has 24 heavy (non-hydrogen) atoms. The molecule has 0 radical (unpaired) electrons. The molecule has 2 fully saturated rings. The average molecular weight is 330 g/mol. The number of nitrogens with zero attached hydrogens (tertiary/aromatic N) is 1. The van der Waals surface area contributed by atoms with E-state index in [0.717, 1.165) is 36.1 Å². The van der Waals surface area contributed by atoms with Gasteiger partial charge in [0.05, 0.1) is 5.92 Å². The molecule has 0 bridgehead atoms. The number of hydrogen-bond donors (Lipinski definition) is 1. The molecule has 2 saturated heterocycles. The van der Waals surface area contributed by atoms with Gasteiger partial charge in [0.1, 0.15) is 0 Å². The second-order valence-electron chi connectivity index (χ2n) is 6.74. The summed E-state index contributed by atoms with van der Waals surface area (Å²) in [5.41, 5.74) is 3.24. The minimum atomic E-state index is -0.260. The quantitative estimate of drug-likeness (QED) is 0.921. The third kappa shape index (κ3) is 3.46. The molecule has 0 aromatic heterocycles. The molecule has 0 spiro atoms.